The van der Waals surface area contributed by atoms with Gasteiger partial charge in [-0.05, 0) is 54.8 Å². The van der Waals surface area contributed by atoms with E-state index in [0.717, 1.165) is 12.3 Å². The van der Waals surface area contributed by atoms with Crippen molar-refractivity contribution < 1.29 is 184 Å². The molecule has 0 bridgehead atoms. The van der Waals surface area contributed by atoms with Gasteiger partial charge in [0.15, 0.2) is 11.6 Å². The number of aromatic hydroxyl groups is 1. The molecule has 0 saturated heterocycles. The molecule has 1 aromatic heterocycles. The van der Waals surface area contributed by atoms with Crippen LogP contribution in [-0.4, -0.2) is 81.6 Å². The van der Waals surface area contributed by atoms with Gasteiger partial charge in [0.2, 0.25) is 15.0 Å². The minimum Gasteiger partial charge on any atom is -0.744 e. The zero-order chi connectivity index (χ0) is 38.9. The van der Waals surface area contributed by atoms with Gasteiger partial charge in [0.25, 0.3) is 0 Å². The Morgan fingerprint density at radius 3 is 1.77 bits per heavy atom. The molecular weight excluding hydrogens is 910 g/mol. The number of rotatable bonds is 9. The first-order valence-electron chi connectivity index (χ1n) is 13.3. The molecule has 0 spiro atoms. The summed E-state index contributed by atoms with van der Waals surface area (Å²) in [7, 11) is -26.4. The predicted molar refractivity (Wildman–Crippen MR) is 174 cm³/mol. The second-order valence-corrected chi connectivity index (χ2v) is 18.3. The predicted octanol–water partition coefficient (Wildman–Crippen LogP) is -9.35. The quantitative estimate of drug-likeness (QED) is 0.0600. The van der Waals surface area contributed by atoms with Crippen LogP contribution in [0.1, 0.15) is 5.69 Å². The van der Waals surface area contributed by atoms with Crippen LogP contribution in [0, 0.1) is 6.92 Å². The summed E-state index contributed by atoms with van der Waals surface area (Å²) in [4.78, 5) is 2.14. The van der Waals surface area contributed by atoms with Crippen LogP contribution in [0.3, 0.4) is 0 Å². The van der Waals surface area contributed by atoms with Crippen LogP contribution in [0.25, 0.3) is 21.5 Å². The third-order valence-electron chi connectivity index (χ3n) is 6.98. The Morgan fingerprint density at radius 2 is 1.25 bits per heavy atom. The third kappa shape index (κ3) is 11.7. The zero-order valence-corrected chi connectivity index (χ0v) is 42.3. The average Bonchev–Trinajstić information content (AvgIpc) is 2.99. The molecule has 0 aliphatic rings. The molecule has 4 aromatic carbocycles. The monoisotopic (exact) mass is 925 g/mol. The van der Waals surface area contributed by atoms with E-state index in [9.17, 15) is 65.4 Å². The summed E-state index contributed by atoms with van der Waals surface area (Å²) in [5.41, 5.74) is -1.95. The molecule has 0 unspecified atom stereocenters. The van der Waals surface area contributed by atoms with Crippen LogP contribution in [0.5, 0.6) is 5.75 Å². The molecule has 0 radical (unpaired) electrons. The van der Waals surface area contributed by atoms with E-state index in [0.29, 0.717) is 18.2 Å². The van der Waals surface area contributed by atoms with Crippen LogP contribution in [0.2, 0.25) is 5.02 Å². The molecule has 0 atom stereocenters. The van der Waals surface area contributed by atoms with E-state index in [2.05, 4.69) is 25.5 Å². The second-order valence-electron chi connectivity index (χ2n) is 10.6. The van der Waals surface area contributed by atoms with Gasteiger partial charge in [-0.25, -0.2) is 47.1 Å². The van der Waals surface area contributed by atoms with E-state index in [1.807, 2.05) is 0 Å². The zero-order valence-electron chi connectivity index (χ0n) is 29.5. The summed E-state index contributed by atoms with van der Waals surface area (Å²) in [5, 5.41) is 17.8. The van der Waals surface area contributed by atoms with Crippen molar-refractivity contribution in [3.8, 4) is 5.75 Å². The number of aromatic nitrogens is 2. The normalized spacial score (nSPS) is 12.3. The molecule has 56 heavy (non-hydrogen) atoms. The van der Waals surface area contributed by atoms with E-state index < -0.39 is 103 Å². The number of hydrogen-bond donors (Lipinski definition) is 2. The molecule has 0 amide bonds. The number of aryl methyl sites for hydroxylation is 1. The summed E-state index contributed by atoms with van der Waals surface area (Å²) < 4.78 is 169. The maximum atomic E-state index is 12.4. The van der Waals surface area contributed by atoms with E-state index in [4.69, 9.17) is 11.6 Å². The topological polar surface area (TPSA) is 346 Å². The number of anilines is 2. The summed E-state index contributed by atoms with van der Waals surface area (Å²) in [6.07, 6.45) is 0.854. The van der Waals surface area contributed by atoms with Gasteiger partial charge < -0.3 is 28.6 Å². The Labute approximate surface area is 412 Å². The van der Waals surface area contributed by atoms with Gasteiger partial charge in [-0.3, -0.25) is 0 Å². The molecule has 5 aromatic rings. The van der Waals surface area contributed by atoms with Crippen molar-refractivity contribution in [1.82, 2.24) is 9.97 Å². The summed E-state index contributed by atoms with van der Waals surface area (Å²) in [6.45, 7) is 1.40. The van der Waals surface area contributed by atoms with Crippen molar-refractivity contribution in [2.75, 3.05) is 11.6 Å². The van der Waals surface area contributed by atoms with Crippen LogP contribution in [0.4, 0.5) is 22.9 Å². The Kier molecular flexibility index (Phi) is 18.3. The number of hydrogen-bond acceptors (Lipinski definition) is 20. The maximum absolute atomic E-state index is 12.4. The van der Waals surface area contributed by atoms with Gasteiger partial charge >= 0.3 is 118 Å². The van der Waals surface area contributed by atoms with Crippen molar-refractivity contribution in [3.05, 3.63) is 59.2 Å². The van der Waals surface area contributed by atoms with E-state index >= 15 is 0 Å². The fourth-order valence-electron chi connectivity index (χ4n) is 4.77. The Hall–Kier alpha value is -0.440. The first-order chi connectivity index (χ1) is 23.7. The largest absolute Gasteiger partial charge is 1.00 e. The maximum Gasteiger partial charge on any atom is 1.00 e. The van der Waals surface area contributed by atoms with E-state index in [-0.39, 0.29) is 157 Å². The van der Waals surface area contributed by atoms with Crippen LogP contribution >= 0.6 is 11.6 Å². The standard InChI is InChI=1S/C26H20ClN5O15S5.4Na/c1-11-21(27)25(30-26(28-11)48(2,34)35)29-13-3-4-15-12(7-13)8-20(51(42,43)44)22(23(15)33)32-31-18-6-5-16-17(24(18)52(45,46)47)9-14(49(36,37)38)10-19(16)50(39,40)41;;;;/h3-10,33H,1-2H3,(H,28,29,30)(H,36,37,38)(H,39,40,41)(H,42,43,44)(H,45,46,47);;;;/q;4*+1/p-4. The molecule has 5 rings (SSSR count). The smallest absolute Gasteiger partial charge is 0.744 e. The van der Waals surface area contributed by atoms with Gasteiger partial charge in [0, 0.05) is 28.1 Å². The Morgan fingerprint density at radius 1 is 0.679 bits per heavy atom. The number of benzene rings is 4. The molecule has 0 aliphatic carbocycles. The minimum absolute atomic E-state index is 0. The van der Waals surface area contributed by atoms with Crippen molar-refractivity contribution in [1.29, 1.82) is 0 Å². The third-order valence-corrected chi connectivity index (χ3v) is 11.7. The number of phenolic OH excluding ortho intramolecular Hbond substituents is 1. The van der Waals surface area contributed by atoms with Crippen molar-refractivity contribution in [2.24, 2.45) is 10.2 Å². The number of nitrogens with zero attached hydrogens (tertiary/aromatic N) is 4. The average molecular weight is 926 g/mol. The van der Waals surface area contributed by atoms with Gasteiger partial charge in [-0.15, -0.1) is 10.2 Å². The van der Waals surface area contributed by atoms with Crippen LogP contribution in [-0.2, 0) is 50.3 Å². The molecule has 30 heteroatoms. The molecule has 20 nitrogen and oxygen atoms in total. The SMILES string of the molecule is Cc1nc(S(C)(=O)=O)nc(Nc2ccc3c(O)c(N=Nc4ccc5c(S(=O)(=O)[O-])cc(S(=O)(=O)[O-])cc5c4S(=O)(=O)[O-])c(S(=O)(=O)[O-])cc3c2)c1Cl.[Na+].[Na+].[Na+].[Na+]. The number of azo groups is 1. The molecule has 2 N–H and O–H groups in total. The molecular formula is C26H16ClN5Na4O15S5. The van der Waals surface area contributed by atoms with Crippen molar-refractivity contribution in [2.45, 2.75) is 31.7 Å². The van der Waals surface area contributed by atoms with E-state index in [1.54, 1.807) is 0 Å². The molecule has 0 saturated carbocycles. The number of phenols is 1. The van der Waals surface area contributed by atoms with Gasteiger partial charge in [0.1, 0.15) is 56.9 Å². The molecule has 0 fully saturated rings. The van der Waals surface area contributed by atoms with Crippen LogP contribution in [0.15, 0.2) is 83.5 Å². The minimum atomic E-state index is -5.82. The van der Waals surface area contributed by atoms with Crippen molar-refractivity contribution >= 4 is 106 Å². The number of nitrogens with one attached hydrogen (secondary N) is 1. The Balaban J connectivity index is 0.00000392. The summed E-state index contributed by atoms with van der Waals surface area (Å²) in [5.74, 6) is -1.20. The fourth-order valence-corrected chi connectivity index (χ4v) is 8.23. The summed E-state index contributed by atoms with van der Waals surface area (Å²) >= 11 is 6.22. The van der Waals surface area contributed by atoms with Gasteiger partial charge in [0.05, 0.1) is 25.3 Å². The van der Waals surface area contributed by atoms with Crippen LogP contribution < -0.4 is 124 Å². The Bertz CT molecular complexity index is 3010. The van der Waals surface area contributed by atoms with Crippen molar-refractivity contribution in [3.63, 3.8) is 0 Å². The van der Waals surface area contributed by atoms with Gasteiger partial charge in [-0.1, -0.05) is 17.7 Å². The molecule has 1 heterocycles. The first kappa shape index (κ1) is 53.6. The number of sulfone groups is 1. The number of fused-ring (bicyclic) bond motifs is 2. The fraction of sp³-hybridized carbons (Fsp3) is 0.0769. The first-order valence-corrected chi connectivity index (χ1v) is 21.2. The second kappa shape index (κ2) is 19.1. The number of halogens is 1. The van der Waals surface area contributed by atoms with Gasteiger partial charge in [-0.2, -0.15) is 4.98 Å². The molecule has 276 valence electrons. The molecule has 0 aliphatic heterocycles. The summed E-state index contributed by atoms with van der Waals surface area (Å²) in [6, 6.07) is 6.14. The van der Waals surface area contributed by atoms with E-state index in [1.165, 1.54) is 25.1 Å².